The fourth-order valence-corrected chi connectivity index (χ4v) is 3.70. The fraction of sp³-hybridized carbons (Fsp3) is 0.222. The molecule has 1 aromatic heterocycles. The Balaban J connectivity index is 1.44. The van der Waals surface area contributed by atoms with E-state index in [2.05, 4.69) is 25.9 Å². The molecule has 3 aromatic rings. The molecule has 1 aliphatic heterocycles. The van der Waals surface area contributed by atoms with Gasteiger partial charge < -0.3 is 25.7 Å². The van der Waals surface area contributed by atoms with E-state index in [-0.39, 0.29) is 36.2 Å². The number of rotatable bonds is 8. The number of benzene rings is 2. The molecular formula is C27H27N5O5. The molecule has 37 heavy (non-hydrogen) atoms. The van der Waals surface area contributed by atoms with Crippen molar-refractivity contribution in [2.45, 2.75) is 26.8 Å². The monoisotopic (exact) mass is 501 g/mol. The Morgan fingerprint density at radius 1 is 1.11 bits per heavy atom. The molecule has 0 bridgehead atoms. The number of nitrogens with zero attached hydrogens (tertiary/aromatic N) is 1. The Morgan fingerprint density at radius 2 is 1.95 bits per heavy atom. The van der Waals surface area contributed by atoms with E-state index < -0.39 is 11.5 Å². The summed E-state index contributed by atoms with van der Waals surface area (Å²) in [5.41, 5.74) is 2.30. The smallest absolute Gasteiger partial charge is 0.287 e. The highest BCUT2D eigenvalue weighted by Gasteiger charge is 2.17. The second-order valence-corrected chi connectivity index (χ2v) is 8.35. The minimum Gasteiger partial charge on any atom is -0.482 e. The van der Waals surface area contributed by atoms with E-state index in [4.69, 9.17) is 4.74 Å². The molecule has 0 unspecified atom stereocenters. The number of carbonyl (C=O) groups is 3. The highest BCUT2D eigenvalue weighted by Crippen LogP contribution is 2.28. The zero-order chi connectivity index (χ0) is 26.4. The third-order valence-corrected chi connectivity index (χ3v) is 5.70. The zero-order valence-electron chi connectivity index (χ0n) is 20.5. The quantitative estimate of drug-likeness (QED) is 0.350. The molecule has 4 N–H and O–H groups in total. The third kappa shape index (κ3) is 6.10. The maximum absolute atomic E-state index is 12.7. The van der Waals surface area contributed by atoms with Crippen LogP contribution in [0, 0.1) is 0 Å². The number of amides is 3. The van der Waals surface area contributed by atoms with E-state index in [9.17, 15) is 19.2 Å². The summed E-state index contributed by atoms with van der Waals surface area (Å²) in [4.78, 5) is 56.2. The van der Waals surface area contributed by atoms with Gasteiger partial charge in [0.1, 0.15) is 5.75 Å². The number of carbonyl (C=O) groups excluding carboxylic acids is 3. The molecule has 0 saturated carbocycles. The number of allylic oxidation sites excluding steroid dienone is 2. The largest absolute Gasteiger partial charge is 0.482 e. The number of hydrogen-bond acceptors (Lipinski definition) is 6. The van der Waals surface area contributed by atoms with E-state index in [1.807, 2.05) is 32.1 Å². The number of fused-ring (bicyclic) bond motifs is 2. The standard InChI is InChI=1S/C27H27N5O5/c1-3-5-6-16(4-2)13-28-25(34)18-8-9-20-19(12-18)26(35)32-24(31-20)27(36)29-14-17-7-10-22-21(11-17)30-23(33)15-37-22/h4-12H,3,13-15H2,1-2H3,(H,28,34)(H,29,36)(H,30,33)(H,31,32,35)/b6-5-,16-4+. The minimum absolute atomic E-state index is 0.0377. The van der Waals surface area contributed by atoms with Crippen molar-refractivity contribution in [2.75, 3.05) is 18.5 Å². The van der Waals surface area contributed by atoms with Crippen molar-refractivity contribution in [2.24, 2.45) is 0 Å². The van der Waals surface area contributed by atoms with Crippen LogP contribution in [0.25, 0.3) is 10.9 Å². The van der Waals surface area contributed by atoms with Crippen molar-refractivity contribution in [3.63, 3.8) is 0 Å². The summed E-state index contributed by atoms with van der Waals surface area (Å²) in [5, 5.41) is 8.46. The van der Waals surface area contributed by atoms with Crippen LogP contribution in [-0.2, 0) is 11.3 Å². The van der Waals surface area contributed by atoms with Gasteiger partial charge in [-0.05, 0) is 54.8 Å². The van der Waals surface area contributed by atoms with Gasteiger partial charge in [0.05, 0.1) is 16.6 Å². The van der Waals surface area contributed by atoms with Gasteiger partial charge in [-0.2, -0.15) is 0 Å². The highest BCUT2D eigenvalue weighted by molar-refractivity contribution is 5.99. The molecular weight excluding hydrogens is 474 g/mol. The Bertz CT molecular complexity index is 1490. The lowest BCUT2D eigenvalue weighted by Gasteiger charge is -2.18. The fourth-order valence-electron chi connectivity index (χ4n) is 3.70. The molecule has 10 heteroatoms. The summed E-state index contributed by atoms with van der Waals surface area (Å²) in [6, 6.07) is 9.73. The van der Waals surface area contributed by atoms with Crippen molar-refractivity contribution in [1.82, 2.24) is 20.6 Å². The Hall–Kier alpha value is -4.73. The van der Waals surface area contributed by atoms with Crippen LogP contribution in [-0.4, -0.2) is 40.8 Å². The molecule has 2 heterocycles. The molecule has 0 radical (unpaired) electrons. The Kier molecular flexibility index (Phi) is 7.77. The van der Waals surface area contributed by atoms with Crippen LogP contribution >= 0.6 is 0 Å². The molecule has 0 saturated heterocycles. The molecule has 1 aliphatic rings. The van der Waals surface area contributed by atoms with Crippen molar-refractivity contribution in [3.8, 4) is 5.75 Å². The first-order chi connectivity index (χ1) is 17.9. The Labute approximate surface area is 212 Å². The molecule has 2 aromatic carbocycles. The average molecular weight is 502 g/mol. The van der Waals surface area contributed by atoms with Gasteiger partial charge in [0.15, 0.2) is 12.4 Å². The molecule has 10 nitrogen and oxygen atoms in total. The summed E-state index contributed by atoms with van der Waals surface area (Å²) >= 11 is 0. The number of nitrogens with one attached hydrogen (secondary N) is 4. The van der Waals surface area contributed by atoms with Crippen molar-refractivity contribution in [1.29, 1.82) is 0 Å². The molecule has 0 spiro atoms. The van der Waals surface area contributed by atoms with Crippen molar-refractivity contribution >= 4 is 34.3 Å². The van der Waals surface area contributed by atoms with E-state index in [0.29, 0.717) is 29.1 Å². The zero-order valence-corrected chi connectivity index (χ0v) is 20.5. The first-order valence-corrected chi connectivity index (χ1v) is 11.9. The van der Waals surface area contributed by atoms with Gasteiger partial charge in [0, 0.05) is 18.7 Å². The minimum atomic E-state index is -0.571. The second kappa shape index (κ2) is 11.3. The van der Waals surface area contributed by atoms with Crippen LogP contribution in [0.2, 0.25) is 0 Å². The summed E-state index contributed by atoms with van der Waals surface area (Å²) in [7, 11) is 0. The van der Waals surface area contributed by atoms with Gasteiger partial charge in [0.25, 0.3) is 23.3 Å². The number of aromatic nitrogens is 2. The molecule has 190 valence electrons. The lowest BCUT2D eigenvalue weighted by molar-refractivity contribution is -0.118. The van der Waals surface area contributed by atoms with Crippen LogP contribution in [0.4, 0.5) is 5.69 Å². The van der Waals surface area contributed by atoms with Gasteiger partial charge in [-0.1, -0.05) is 31.2 Å². The van der Waals surface area contributed by atoms with Crippen LogP contribution < -0.4 is 26.2 Å². The molecule has 0 atom stereocenters. The number of hydrogen-bond donors (Lipinski definition) is 4. The summed E-state index contributed by atoms with van der Waals surface area (Å²) < 4.78 is 5.33. The van der Waals surface area contributed by atoms with E-state index in [1.54, 1.807) is 24.3 Å². The first kappa shape index (κ1) is 25.4. The Morgan fingerprint density at radius 3 is 2.73 bits per heavy atom. The van der Waals surface area contributed by atoms with Gasteiger partial charge >= 0.3 is 0 Å². The average Bonchev–Trinajstić information content (AvgIpc) is 2.91. The maximum Gasteiger partial charge on any atom is 0.287 e. The highest BCUT2D eigenvalue weighted by atomic mass is 16.5. The molecule has 4 rings (SSSR count). The molecule has 0 aliphatic carbocycles. The van der Waals surface area contributed by atoms with Gasteiger partial charge in [-0.3, -0.25) is 19.2 Å². The van der Waals surface area contributed by atoms with Crippen LogP contribution in [0.1, 0.15) is 46.8 Å². The van der Waals surface area contributed by atoms with E-state index in [1.165, 1.54) is 12.1 Å². The van der Waals surface area contributed by atoms with Crippen molar-refractivity contribution in [3.05, 3.63) is 87.5 Å². The van der Waals surface area contributed by atoms with Gasteiger partial charge in [-0.25, -0.2) is 4.98 Å². The third-order valence-electron chi connectivity index (χ3n) is 5.70. The van der Waals surface area contributed by atoms with Gasteiger partial charge in [0.2, 0.25) is 0 Å². The van der Waals surface area contributed by atoms with Crippen LogP contribution in [0.15, 0.2) is 65.0 Å². The summed E-state index contributed by atoms with van der Waals surface area (Å²) in [6.07, 6.45) is 6.79. The topological polar surface area (TPSA) is 142 Å². The first-order valence-electron chi connectivity index (χ1n) is 11.9. The maximum atomic E-state index is 12.7. The lowest BCUT2D eigenvalue weighted by atomic mass is 10.1. The second-order valence-electron chi connectivity index (χ2n) is 8.35. The van der Waals surface area contributed by atoms with E-state index >= 15 is 0 Å². The summed E-state index contributed by atoms with van der Waals surface area (Å²) in [5.74, 6) is -0.737. The predicted octanol–water partition coefficient (Wildman–Crippen LogP) is 2.83. The molecule has 3 amide bonds. The van der Waals surface area contributed by atoms with Crippen molar-refractivity contribution < 1.29 is 19.1 Å². The normalized spacial score (nSPS) is 13.1. The SMILES string of the molecule is C/C=C(\C=C/CC)CNC(=O)c1ccc2nc(C(=O)NCc3ccc4c(c3)NC(=O)CO4)[nH]c(=O)c2c1. The van der Waals surface area contributed by atoms with Gasteiger partial charge in [-0.15, -0.1) is 0 Å². The van der Waals surface area contributed by atoms with Crippen LogP contribution in [0.5, 0.6) is 5.75 Å². The number of H-pyrrole nitrogens is 1. The van der Waals surface area contributed by atoms with Crippen LogP contribution in [0.3, 0.4) is 0 Å². The number of anilines is 1. The predicted molar refractivity (Wildman–Crippen MR) is 140 cm³/mol. The lowest BCUT2D eigenvalue weighted by Crippen LogP contribution is -2.28. The van der Waals surface area contributed by atoms with E-state index in [0.717, 1.165) is 17.6 Å². The number of ether oxygens (including phenoxy) is 1. The number of aromatic amines is 1. The summed E-state index contributed by atoms with van der Waals surface area (Å²) in [6.45, 7) is 4.40. The molecule has 0 fully saturated rings.